The molecule has 0 unspecified atom stereocenters. The number of benzene rings is 2. The second-order valence-electron chi connectivity index (χ2n) is 5.42. The number of carbonyl (C=O) groups is 2. The van der Waals surface area contributed by atoms with Gasteiger partial charge >= 0.3 is 15.6 Å². The number of fused-ring (bicyclic) bond motifs is 1. The first kappa shape index (κ1) is 18.1. The van der Waals surface area contributed by atoms with Gasteiger partial charge in [0.05, 0.1) is 11.1 Å². The van der Waals surface area contributed by atoms with Crippen LogP contribution in [-0.2, 0) is 20.8 Å². The van der Waals surface area contributed by atoms with Crippen molar-refractivity contribution in [2.24, 2.45) is 0 Å². The molecule has 0 saturated carbocycles. The first-order valence-corrected chi connectivity index (χ1v) is 8.57. The summed E-state index contributed by atoms with van der Waals surface area (Å²) in [6.45, 7) is 0. The van der Waals surface area contributed by atoms with Gasteiger partial charge in [0, 0.05) is 0 Å². The summed E-state index contributed by atoms with van der Waals surface area (Å²) in [7, 11) is -6.14. The highest BCUT2D eigenvalue weighted by Gasteiger charge is 2.52. The van der Waals surface area contributed by atoms with Gasteiger partial charge in [-0.05, 0) is 29.7 Å². The topological polar surface area (TPSA) is 80.8 Å². The van der Waals surface area contributed by atoms with E-state index < -0.39 is 27.4 Å². The minimum atomic E-state index is -6.14. The number of halogens is 3. The molecule has 1 heterocycles. The van der Waals surface area contributed by atoms with Crippen molar-refractivity contribution in [3.8, 4) is 0 Å². The molecule has 0 N–H and O–H groups in total. The van der Waals surface area contributed by atoms with Crippen molar-refractivity contribution in [1.82, 2.24) is 5.06 Å². The standard InChI is InChI=1S/C16H10F3NO5S/c17-16(18,19)26(23,24)25-20-14(21)12-7-6-11(9-13(12)15(20)22)8-10-4-2-1-3-5-10/h1-7,9H,8H2. The summed E-state index contributed by atoms with van der Waals surface area (Å²) < 4.78 is 63.1. The molecule has 6 nitrogen and oxygen atoms in total. The van der Waals surface area contributed by atoms with Gasteiger partial charge in [-0.15, -0.1) is 9.35 Å². The molecular weight excluding hydrogens is 375 g/mol. The molecule has 1 aliphatic rings. The zero-order valence-corrected chi connectivity index (χ0v) is 13.7. The van der Waals surface area contributed by atoms with Gasteiger partial charge in [-0.2, -0.15) is 21.6 Å². The number of hydrogen-bond donors (Lipinski definition) is 0. The Labute approximate surface area is 145 Å². The van der Waals surface area contributed by atoms with E-state index in [-0.39, 0.29) is 16.2 Å². The number of amides is 2. The number of carbonyl (C=O) groups excluding carboxylic acids is 2. The van der Waals surface area contributed by atoms with Gasteiger partial charge in [-0.3, -0.25) is 9.59 Å². The van der Waals surface area contributed by atoms with Crippen molar-refractivity contribution in [3.63, 3.8) is 0 Å². The molecule has 3 rings (SSSR count). The molecule has 0 bridgehead atoms. The molecule has 0 radical (unpaired) electrons. The first-order chi connectivity index (χ1) is 12.1. The third kappa shape index (κ3) is 3.20. The molecule has 2 aromatic carbocycles. The Hall–Kier alpha value is -2.72. The van der Waals surface area contributed by atoms with Crippen LogP contribution in [0.2, 0.25) is 0 Å². The van der Waals surface area contributed by atoms with E-state index in [0.717, 1.165) is 5.56 Å². The van der Waals surface area contributed by atoms with Crippen LogP contribution >= 0.6 is 0 Å². The minimum absolute atomic E-state index is 0.221. The number of hydrogen-bond acceptors (Lipinski definition) is 5. The Morgan fingerprint density at radius 2 is 1.50 bits per heavy atom. The Morgan fingerprint density at radius 3 is 2.12 bits per heavy atom. The van der Waals surface area contributed by atoms with E-state index in [4.69, 9.17) is 0 Å². The molecule has 1 aliphatic heterocycles. The molecule has 0 fully saturated rings. The lowest BCUT2D eigenvalue weighted by Gasteiger charge is -2.14. The lowest BCUT2D eigenvalue weighted by atomic mass is 10.0. The average Bonchev–Trinajstić information content (AvgIpc) is 2.79. The van der Waals surface area contributed by atoms with E-state index in [2.05, 4.69) is 4.28 Å². The quantitative estimate of drug-likeness (QED) is 0.597. The van der Waals surface area contributed by atoms with Gasteiger partial charge in [0.1, 0.15) is 0 Å². The number of nitrogens with zero attached hydrogens (tertiary/aromatic N) is 1. The molecule has 0 aliphatic carbocycles. The second kappa shape index (κ2) is 6.22. The lowest BCUT2D eigenvalue weighted by molar-refractivity contribution is -0.0748. The van der Waals surface area contributed by atoms with E-state index in [1.807, 2.05) is 30.3 Å². The van der Waals surface area contributed by atoms with Crippen LogP contribution in [0.25, 0.3) is 0 Å². The highest BCUT2D eigenvalue weighted by molar-refractivity contribution is 7.87. The van der Waals surface area contributed by atoms with E-state index in [1.54, 1.807) is 0 Å². The summed E-state index contributed by atoms with van der Waals surface area (Å²) in [5.74, 6) is -2.54. The highest BCUT2D eigenvalue weighted by Crippen LogP contribution is 2.30. The maximum atomic E-state index is 12.4. The van der Waals surface area contributed by atoms with Crippen molar-refractivity contribution >= 4 is 21.9 Å². The Morgan fingerprint density at radius 1 is 0.885 bits per heavy atom. The van der Waals surface area contributed by atoms with Crippen LogP contribution in [0.1, 0.15) is 31.8 Å². The Kier molecular flexibility index (Phi) is 4.32. The van der Waals surface area contributed by atoms with Gasteiger partial charge in [-0.1, -0.05) is 36.4 Å². The van der Waals surface area contributed by atoms with Crippen LogP contribution < -0.4 is 0 Å². The summed E-state index contributed by atoms with van der Waals surface area (Å²) >= 11 is 0. The third-order valence-corrected chi connectivity index (χ3v) is 4.53. The summed E-state index contributed by atoms with van der Waals surface area (Å²) in [4.78, 5) is 24.2. The van der Waals surface area contributed by atoms with Crippen molar-refractivity contribution in [3.05, 3.63) is 70.8 Å². The van der Waals surface area contributed by atoms with Gasteiger partial charge in [0.25, 0.3) is 11.8 Å². The number of rotatable bonds is 4. The fourth-order valence-electron chi connectivity index (χ4n) is 2.42. The van der Waals surface area contributed by atoms with Crippen molar-refractivity contribution in [2.45, 2.75) is 11.9 Å². The molecule has 0 atom stereocenters. The van der Waals surface area contributed by atoms with E-state index in [1.165, 1.54) is 18.2 Å². The minimum Gasteiger partial charge on any atom is -0.266 e. The van der Waals surface area contributed by atoms with Gasteiger partial charge in [0.2, 0.25) is 0 Å². The first-order valence-electron chi connectivity index (χ1n) is 7.16. The van der Waals surface area contributed by atoms with Crippen LogP contribution in [0.15, 0.2) is 48.5 Å². The molecule has 2 amide bonds. The predicted octanol–water partition coefficient (Wildman–Crippen LogP) is 2.65. The zero-order chi connectivity index (χ0) is 19.1. The van der Waals surface area contributed by atoms with Crippen LogP contribution in [0.4, 0.5) is 13.2 Å². The average molecular weight is 385 g/mol. The van der Waals surface area contributed by atoms with Crippen LogP contribution in [-0.4, -0.2) is 30.8 Å². The molecule has 0 spiro atoms. The van der Waals surface area contributed by atoms with Crippen molar-refractivity contribution in [2.75, 3.05) is 0 Å². The summed E-state index contributed by atoms with van der Waals surface area (Å²) in [6.07, 6.45) is 0.414. The van der Waals surface area contributed by atoms with E-state index in [0.29, 0.717) is 12.0 Å². The summed E-state index contributed by atoms with van der Waals surface area (Å²) in [5.41, 5.74) is -4.68. The summed E-state index contributed by atoms with van der Waals surface area (Å²) in [5, 5.41) is -0.389. The van der Waals surface area contributed by atoms with E-state index >= 15 is 0 Å². The second-order valence-corrected chi connectivity index (χ2v) is 6.94. The monoisotopic (exact) mass is 385 g/mol. The third-order valence-electron chi connectivity index (χ3n) is 3.62. The number of imide groups is 1. The fourth-order valence-corrected chi connectivity index (χ4v) is 2.83. The van der Waals surface area contributed by atoms with Crippen LogP contribution in [0.3, 0.4) is 0 Å². The largest absolute Gasteiger partial charge is 0.525 e. The normalized spacial score (nSPS) is 14.7. The fraction of sp³-hybridized carbons (Fsp3) is 0.125. The van der Waals surface area contributed by atoms with Crippen LogP contribution in [0, 0.1) is 0 Å². The van der Waals surface area contributed by atoms with Gasteiger partial charge < -0.3 is 0 Å². The van der Waals surface area contributed by atoms with Crippen molar-refractivity contribution in [1.29, 1.82) is 0 Å². The number of alkyl halides is 3. The molecule has 136 valence electrons. The molecule has 0 saturated heterocycles. The van der Waals surface area contributed by atoms with Gasteiger partial charge in [-0.25, -0.2) is 0 Å². The molecule has 2 aromatic rings. The van der Waals surface area contributed by atoms with E-state index in [9.17, 15) is 31.2 Å². The Balaban J connectivity index is 1.89. The predicted molar refractivity (Wildman–Crippen MR) is 82.2 cm³/mol. The van der Waals surface area contributed by atoms with Crippen molar-refractivity contribution < 1.29 is 35.5 Å². The molecular formula is C16H10F3NO5S. The maximum Gasteiger partial charge on any atom is 0.525 e. The number of hydroxylamine groups is 2. The molecule has 0 aromatic heterocycles. The molecule has 26 heavy (non-hydrogen) atoms. The molecule has 10 heteroatoms. The van der Waals surface area contributed by atoms with Crippen LogP contribution in [0.5, 0.6) is 0 Å². The zero-order valence-electron chi connectivity index (χ0n) is 12.9. The summed E-state index contributed by atoms with van der Waals surface area (Å²) in [6, 6.07) is 13.2. The maximum absolute atomic E-state index is 12.4. The SMILES string of the molecule is O=C1c2ccc(Cc3ccccc3)cc2C(=O)N1OS(=O)(=O)C(F)(F)F. The smallest absolute Gasteiger partial charge is 0.266 e. The van der Waals surface area contributed by atoms with Gasteiger partial charge in [0.15, 0.2) is 0 Å². The highest BCUT2D eigenvalue weighted by atomic mass is 32.2. The Bertz CT molecular complexity index is 987. The lowest BCUT2D eigenvalue weighted by Crippen LogP contribution is -2.37.